The highest BCUT2D eigenvalue weighted by molar-refractivity contribution is 7.80. The molecule has 0 bridgehead atoms. The van der Waals surface area contributed by atoms with Crippen LogP contribution < -0.4 is 11.1 Å². The van der Waals surface area contributed by atoms with Crippen molar-refractivity contribution >= 4 is 30.9 Å². The van der Waals surface area contributed by atoms with Crippen molar-refractivity contribution in [2.24, 2.45) is 5.73 Å². The molecule has 0 radical (unpaired) electrons. The second-order valence-corrected chi connectivity index (χ2v) is 3.11. The van der Waals surface area contributed by atoms with Gasteiger partial charge in [-0.15, -0.1) is 25.0 Å². The summed E-state index contributed by atoms with van der Waals surface area (Å²) in [7, 11) is 0. The third-order valence-electron chi connectivity index (χ3n) is 1.56. The van der Waals surface area contributed by atoms with E-state index in [4.69, 9.17) is 5.73 Å². The van der Waals surface area contributed by atoms with Crippen LogP contribution in [-0.4, -0.2) is 19.0 Å². The number of hydrogen-bond donors (Lipinski definition) is 3. The van der Waals surface area contributed by atoms with Crippen molar-refractivity contribution in [2.45, 2.75) is 4.90 Å². The molecule has 1 rings (SSSR count). The van der Waals surface area contributed by atoms with E-state index in [1.54, 1.807) is 24.3 Å². The zero-order valence-corrected chi connectivity index (χ0v) is 9.28. The van der Waals surface area contributed by atoms with Crippen LogP contribution in [0.15, 0.2) is 29.2 Å². The number of carbonyl (C=O) groups excluding carboxylic acids is 1. The van der Waals surface area contributed by atoms with E-state index in [9.17, 15) is 4.79 Å². The van der Waals surface area contributed by atoms with Gasteiger partial charge in [0.05, 0.1) is 0 Å². The third kappa shape index (κ3) is 4.00. The molecule has 0 heterocycles. The van der Waals surface area contributed by atoms with E-state index < -0.39 is 0 Å². The SMILES string of the molecule is Cl.NCCNC(=O)c1ccc(S)cc1. The Morgan fingerprint density at radius 2 is 1.93 bits per heavy atom. The second kappa shape index (κ2) is 6.70. The molecule has 0 fully saturated rings. The van der Waals surface area contributed by atoms with E-state index in [1.165, 1.54) is 0 Å². The summed E-state index contributed by atoms with van der Waals surface area (Å²) in [6.07, 6.45) is 0. The molecule has 1 amide bonds. The second-order valence-electron chi connectivity index (χ2n) is 2.59. The molecular formula is C9H13ClN2OS. The van der Waals surface area contributed by atoms with Crippen LogP contribution in [0.3, 0.4) is 0 Å². The first-order valence-corrected chi connectivity index (χ1v) is 4.46. The number of rotatable bonds is 3. The number of nitrogens with two attached hydrogens (primary N) is 1. The Kier molecular flexibility index (Phi) is 6.36. The van der Waals surface area contributed by atoms with Gasteiger partial charge in [-0.1, -0.05) is 0 Å². The first-order chi connectivity index (χ1) is 6.24. The first-order valence-electron chi connectivity index (χ1n) is 4.01. The monoisotopic (exact) mass is 232 g/mol. The number of carbonyl (C=O) groups is 1. The molecule has 0 unspecified atom stereocenters. The molecule has 0 saturated heterocycles. The van der Waals surface area contributed by atoms with E-state index in [2.05, 4.69) is 17.9 Å². The summed E-state index contributed by atoms with van der Waals surface area (Å²) < 4.78 is 0. The minimum Gasteiger partial charge on any atom is -0.351 e. The molecular weight excluding hydrogens is 220 g/mol. The topological polar surface area (TPSA) is 55.1 Å². The molecule has 0 saturated carbocycles. The molecule has 3 N–H and O–H groups in total. The minimum absolute atomic E-state index is 0. The van der Waals surface area contributed by atoms with Crippen LogP contribution in [0.4, 0.5) is 0 Å². The molecule has 0 atom stereocenters. The lowest BCUT2D eigenvalue weighted by molar-refractivity contribution is 0.0954. The summed E-state index contributed by atoms with van der Waals surface area (Å²) in [6.45, 7) is 0.956. The lowest BCUT2D eigenvalue weighted by atomic mass is 10.2. The molecule has 0 aliphatic carbocycles. The van der Waals surface area contributed by atoms with Crippen molar-refractivity contribution in [1.82, 2.24) is 5.32 Å². The molecule has 0 spiro atoms. The van der Waals surface area contributed by atoms with Gasteiger partial charge in [0.25, 0.3) is 5.91 Å². The number of hydrogen-bond acceptors (Lipinski definition) is 3. The fraction of sp³-hybridized carbons (Fsp3) is 0.222. The third-order valence-corrected chi connectivity index (χ3v) is 1.86. The highest BCUT2D eigenvalue weighted by Crippen LogP contribution is 2.07. The van der Waals surface area contributed by atoms with Gasteiger partial charge in [-0.3, -0.25) is 4.79 Å². The van der Waals surface area contributed by atoms with Crippen LogP contribution >= 0.6 is 25.0 Å². The maximum Gasteiger partial charge on any atom is 0.251 e. The van der Waals surface area contributed by atoms with Crippen LogP contribution in [0.5, 0.6) is 0 Å². The van der Waals surface area contributed by atoms with Crippen molar-refractivity contribution in [3.63, 3.8) is 0 Å². The van der Waals surface area contributed by atoms with Gasteiger partial charge in [0.15, 0.2) is 0 Å². The molecule has 78 valence electrons. The van der Waals surface area contributed by atoms with Gasteiger partial charge in [-0.05, 0) is 24.3 Å². The minimum atomic E-state index is -0.0983. The Morgan fingerprint density at radius 3 is 2.43 bits per heavy atom. The van der Waals surface area contributed by atoms with E-state index in [1.807, 2.05) is 0 Å². The van der Waals surface area contributed by atoms with Gasteiger partial charge in [0.1, 0.15) is 0 Å². The average molecular weight is 233 g/mol. The largest absolute Gasteiger partial charge is 0.351 e. The van der Waals surface area contributed by atoms with Crippen molar-refractivity contribution in [2.75, 3.05) is 13.1 Å². The highest BCUT2D eigenvalue weighted by Gasteiger charge is 2.02. The summed E-state index contributed by atoms with van der Waals surface area (Å²) in [6, 6.07) is 7.02. The Bertz CT molecular complexity index is 289. The van der Waals surface area contributed by atoms with Gasteiger partial charge in [-0.25, -0.2) is 0 Å². The number of nitrogens with one attached hydrogen (secondary N) is 1. The Morgan fingerprint density at radius 1 is 1.36 bits per heavy atom. The maximum absolute atomic E-state index is 11.3. The van der Waals surface area contributed by atoms with E-state index in [0.29, 0.717) is 18.7 Å². The summed E-state index contributed by atoms with van der Waals surface area (Å²) >= 11 is 4.12. The van der Waals surface area contributed by atoms with Crippen LogP contribution in [0.2, 0.25) is 0 Å². The molecule has 0 aliphatic heterocycles. The van der Waals surface area contributed by atoms with E-state index >= 15 is 0 Å². The lowest BCUT2D eigenvalue weighted by Crippen LogP contribution is -2.28. The number of thiol groups is 1. The number of amides is 1. The molecule has 0 aliphatic rings. The van der Waals surface area contributed by atoms with Crippen LogP contribution in [0.1, 0.15) is 10.4 Å². The van der Waals surface area contributed by atoms with Gasteiger partial charge >= 0.3 is 0 Å². The van der Waals surface area contributed by atoms with Gasteiger partial charge in [-0.2, -0.15) is 0 Å². The lowest BCUT2D eigenvalue weighted by Gasteiger charge is -2.02. The fourth-order valence-corrected chi connectivity index (χ4v) is 1.05. The molecule has 14 heavy (non-hydrogen) atoms. The summed E-state index contributed by atoms with van der Waals surface area (Å²) in [5.41, 5.74) is 5.88. The predicted molar refractivity (Wildman–Crippen MR) is 62.3 cm³/mol. The van der Waals surface area contributed by atoms with Crippen molar-refractivity contribution in [3.05, 3.63) is 29.8 Å². The smallest absolute Gasteiger partial charge is 0.251 e. The molecule has 5 heteroatoms. The highest BCUT2D eigenvalue weighted by atomic mass is 35.5. The summed E-state index contributed by atoms with van der Waals surface area (Å²) in [4.78, 5) is 12.2. The normalized spacial score (nSPS) is 9.00. The Labute approximate surface area is 94.9 Å². The van der Waals surface area contributed by atoms with E-state index in [0.717, 1.165) is 4.90 Å². The molecule has 0 aromatic heterocycles. The van der Waals surface area contributed by atoms with Crippen LogP contribution in [0.25, 0.3) is 0 Å². The van der Waals surface area contributed by atoms with Gasteiger partial charge in [0.2, 0.25) is 0 Å². The average Bonchev–Trinajstić information content (AvgIpc) is 2.15. The number of halogens is 1. The summed E-state index contributed by atoms with van der Waals surface area (Å²) in [5, 5.41) is 2.68. The van der Waals surface area contributed by atoms with Crippen LogP contribution in [0, 0.1) is 0 Å². The molecule has 3 nitrogen and oxygen atoms in total. The maximum atomic E-state index is 11.3. The first kappa shape index (κ1) is 13.3. The molecule has 1 aromatic rings. The quantitative estimate of drug-likeness (QED) is 0.684. The van der Waals surface area contributed by atoms with E-state index in [-0.39, 0.29) is 18.3 Å². The zero-order valence-electron chi connectivity index (χ0n) is 7.56. The van der Waals surface area contributed by atoms with Crippen LogP contribution in [-0.2, 0) is 0 Å². The standard InChI is InChI=1S/C9H12N2OS.ClH/c10-5-6-11-9(12)7-1-3-8(13)4-2-7;/h1-4,13H,5-6,10H2,(H,11,12);1H. The zero-order chi connectivity index (χ0) is 9.68. The van der Waals surface area contributed by atoms with Gasteiger partial charge < -0.3 is 11.1 Å². The Balaban J connectivity index is 0.00000169. The summed E-state index contributed by atoms with van der Waals surface area (Å²) in [5.74, 6) is -0.0983. The van der Waals surface area contributed by atoms with Crippen molar-refractivity contribution in [3.8, 4) is 0 Å². The fourth-order valence-electron chi connectivity index (χ4n) is 0.901. The van der Waals surface area contributed by atoms with Gasteiger partial charge in [0, 0.05) is 23.5 Å². The van der Waals surface area contributed by atoms with Crippen molar-refractivity contribution < 1.29 is 4.79 Å². The number of benzene rings is 1. The van der Waals surface area contributed by atoms with Crippen molar-refractivity contribution in [1.29, 1.82) is 0 Å². The predicted octanol–water partition coefficient (Wildman–Crippen LogP) is 1.09. The Hall–Kier alpha value is -0.710. The molecule has 1 aromatic carbocycles.